The first-order chi connectivity index (χ1) is 14.0. The molecule has 0 saturated carbocycles. The van der Waals surface area contributed by atoms with Crippen molar-refractivity contribution in [2.45, 2.75) is 19.8 Å². The number of unbranched alkanes of at least 4 members (excludes halogenated alkanes) is 1. The smallest absolute Gasteiger partial charge is 0.354 e. The average molecular weight is 411 g/mol. The Morgan fingerprint density at radius 3 is 2.62 bits per heavy atom. The van der Waals surface area contributed by atoms with E-state index in [1.807, 2.05) is 49.0 Å². The van der Waals surface area contributed by atoms with Crippen molar-refractivity contribution in [2.24, 2.45) is 7.05 Å². The maximum absolute atomic E-state index is 12.7. The Morgan fingerprint density at radius 2 is 1.86 bits per heavy atom. The quantitative estimate of drug-likeness (QED) is 0.340. The van der Waals surface area contributed by atoms with Gasteiger partial charge in [0.1, 0.15) is 5.70 Å². The molecule has 0 unspecified atom stereocenters. The standard InChI is InChI=1S/C23H23ClN2O3/c1-3-4-13-29-23(28)20(25-22(27)18-10-5-7-11-19(18)24)14-16-15-26(2)21-12-8-6-9-17(16)21/h5-12,14-15H,3-4,13H2,1-2H3,(H,25,27). The van der Waals surface area contributed by atoms with Crippen LogP contribution in [0.4, 0.5) is 0 Å². The van der Waals surface area contributed by atoms with E-state index >= 15 is 0 Å². The molecule has 1 aromatic heterocycles. The van der Waals surface area contributed by atoms with Crippen LogP contribution in [0.15, 0.2) is 60.4 Å². The van der Waals surface area contributed by atoms with Crippen molar-refractivity contribution in [1.29, 1.82) is 0 Å². The zero-order valence-electron chi connectivity index (χ0n) is 16.4. The van der Waals surface area contributed by atoms with Gasteiger partial charge in [0.2, 0.25) is 0 Å². The third kappa shape index (κ3) is 4.87. The summed E-state index contributed by atoms with van der Waals surface area (Å²) in [7, 11) is 1.93. The van der Waals surface area contributed by atoms with Gasteiger partial charge in [-0.05, 0) is 30.7 Å². The van der Waals surface area contributed by atoms with E-state index in [1.165, 1.54) is 0 Å². The maximum atomic E-state index is 12.7. The van der Waals surface area contributed by atoms with Crippen molar-refractivity contribution < 1.29 is 14.3 Å². The molecule has 0 aliphatic heterocycles. The van der Waals surface area contributed by atoms with Gasteiger partial charge in [-0.25, -0.2) is 4.79 Å². The molecule has 0 aliphatic rings. The van der Waals surface area contributed by atoms with Gasteiger partial charge in [-0.2, -0.15) is 0 Å². The van der Waals surface area contributed by atoms with Crippen LogP contribution in [0, 0.1) is 0 Å². The van der Waals surface area contributed by atoms with Crippen molar-refractivity contribution in [1.82, 2.24) is 9.88 Å². The number of rotatable bonds is 7. The monoisotopic (exact) mass is 410 g/mol. The molecule has 29 heavy (non-hydrogen) atoms. The minimum Gasteiger partial charge on any atom is -0.461 e. The number of esters is 1. The average Bonchev–Trinajstić information content (AvgIpc) is 3.03. The Labute approximate surface area is 174 Å². The largest absolute Gasteiger partial charge is 0.461 e. The van der Waals surface area contributed by atoms with Gasteiger partial charge in [-0.1, -0.05) is 55.3 Å². The number of nitrogens with zero attached hydrogens (tertiary/aromatic N) is 1. The zero-order valence-corrected chi connectivity index (χ0v) is 17.2. The highest BCUT2D eigenvalue weighted by molar-refractivity contribution is 6.34. The molecule has 0 fully saturated rings. The summed E-state index contributed by atoms with van der Waals surface area (Å²) in [5.41, 5.74) is 2.20. The summed E-state index contributed by atoms with van der Waals surface area (Å²) in [6, 6.07) is 14.5. The minimum atomic E-state index is -0.577. The normalized spacial score (nSPS) is 11.5. The van der Waals surface area contributed by atoms with E-state index in [-0.39, 0.29) is 5.70 Å². The molecule has 6 heteroatoms. The first kappa shape index (κ1) is 20.7. The number of nitrogens with one attached hydrogen (secondary N) is 1. The van der Waals surface area contributed by atoms with Crippen LogP contribution in [0.1, 0.15) is 35.7 Å². The zero-order chi connectivity index (χ0) is 20.8. The molecule has 1 heterocycles. The van der Waals surface area contributed by atoms with Crippen LogP contribution in [0.3, 0.4) is 0 Å². The van der Waals surface area contributed by atoms with Crippen LogP contribution < -0.4 is 5.32 Å². The lowest BCUT2D eigenvalue weighted by Crippen LogP contribution is -2.29. The Bertz CT molecular complexity index is 1070. The van der Waals surface area contributed by atoms with Crippen molar-refractivity contribution in [3.05, 3.63) is 76.6 Å². The van der Waals surface area contributed by atoms with Gasteiger partial charge in [-0.15, -0.1) is 0 Å². The first-order valence-corrected chi connectivity index (χ1v) is 9.87. The fourth-order valence-corrected chi connectivity index (χ4v) is 3.23. The minimum absolute atomic E-state index is 0.0716. The van der Waals surface area contributed by atoms with E-state index in [9.17, 15) is 9.59 Å². The Morgan fingerprint density at radius 1 is 1.14 bits per heavy atom. The fraction of sp³-hybridized carbons (Fsp3) is 0.217. The molecule has 0 spiro atoms. The number of hydrogen-bond donors (Lipinski definition) is 1. The number of carbonyl (C=O) groups is 2. The number of halogens is 1. The molecule has 5 nitrogen and oxygen atoms in total. The van der Waals surface area contributed by atoms with E-state index in [0.717, 1.165) is 29.3 Å². The van der Waals surface area contributed by atoms with Gasteiger partial charge in [-0.3, -0.25) is 4.79 Å². The fourth-order valence-electron chi connectivity index (χ4n) is 3.01. The third-order valence-corrected chi connectivity index (χ3v) is 4.87. The van der Waals surface area contributed by atoms with Crippen molar-refractivity contribution in [3.63, 3.8) is 0 Å². The van der Waals surface area contributed by atoms with Gasteiger partial charge < -0.3 is 14.6 Å². The summed E-state index contributed by atoms with van der Waals surface area (Å²) in [6.07, 6.45) is 5.21. The lowest BCUT2D eigenvalue weighted by atomic mass is 10.1. The second-order valence-corrected chi connectivity index (χ2v) is 7.10. The van der Waals surface area contributed by atoms with Crippen LogP contribution in [0.5, 0.6) is 0 Å². The lowest BCUT2D eigenvalue weighted by Gasteiger charge is -2.11. The number of ether oxygens (including phenoxy) is 1. The van der Waals surface area contributed by atoms with Gasteiger partial charge in [0, 0.05) is 29.7 Å². The molecular formula is C23H23ClN2O3. The molecule has 150 valence electrons. The maximum Gasteiger partial charge on any atom is 0.354 e. The number of aryl methyl sites for hydroxylation is 1. The summed E-state index contributed by atoms with van der Waals surface area (Å²) in [5.74, 6) is -1.04. The number of amides is 1. The number of fused-ring (bicyclic) bond motifs is 1. The van der Waals surface area contributed by atoms with Gasteiger partial charge in [0.05, 0.1) is 17.2 Å². The molecule has 2 aromatic carbocycles. The topological polar surface area (TPSA) is 60.3 Å². The Balaban J connectivity index is 1.96. The molecular weight excluding hydrogens is 388 g/mol. The van der Waals surface area contributed by atoms with E-state index in [2.05, 4.69) is 5.32 Å². The molecule has 0 radical (unpaired) electrons. The molecule has 1 N–H and O–H groups in total. The number of hydrogen-bond acceptors (Lipinski definition) is 3. The molecule has 3 rings (SSSR count). The predicted molar refractivity (Wildman–Crippen MR) is 116 cm³/mol. The summed E-state index contributed by atoms with van der Waals surface area (Å²) >= 11 is 6.13. The highest BCUT2D eigenvalue weighted by atomic mass is 35.5. The highest BCUT2D eigenvalue weighted by Crippen LogP contribution is 2.23. The van der Waals surface area contributed by atoms with E-state index in [4.69, 9.17) is 16.3 Å². The Hall–Kier alpha value is -3.05. The van der Waals surface area contributed by atoms with E-state index < -0.39 is 11.9 Å². The lowest BCUT2D eigenvalue weighted by molar-refractivity contribution is -0.139. The summed E-state index contributed by atoms with van der Waals surface area (Å²) in [6.45, 7) is 2.31. The molecule has 3 aromatic rings. The molecule has 0 bridgehead atoms. The van der Waals surface area contributed by atoms with Gasteiger partial charge in [0.15, 0.2) is 0 Å². The molecule has 0 atom stereocenters. The molecule has 0 saturated heterocycles. The summed E-state index contributed by atoms with van der Waals surface area (Å²) < 4.78 is 7.31. The SMILES string of the molecule is CCCCOC(=O)C(=Cc1cn(C)c2ccccc12)NC(=O)c1ccccc1Cl. The number of para-hydroxylation sites is 1. The van der Waals surface area contributed by atoms with Crippen LogP contribution >= 0.6 is 11.6 Å². The first-order valence-electron chi connectivity index (χ1n) is 9.50. The second kappa shape index (κ2) is 9.43. The van der Waals surface area contributed by atoms with E-state index in [1.54, 1.807) is 30.3 Å². The van der Waals surface area contributed by atoms with E-state index in [0.29, 0.717) is 17.2 Å². The van der Waals surface area contributed by atoms with Gasteiger partial charge >= 0.3 is 5.97 Å². The van der Waals surface area contributed by atoms with Crippen molar-refractivity contribution >= 4 is 40.5 Å². The third-order valence-electron chi connectivity index (χ3n) is 4.55. The number of carbonyl (C=O) groups excluding carboxylic acids is 2. The van der Waals surface area contributed by atoms with Gasteiger partial charge in [0.25, 0.3) is 5.91 Å². The van der Waals surface area contributed by atoms with Crippen LogP contribution in [0.2, 0.25) is 5.02 Å². The van der Waals surface area contributed by atoms with Crippen molar-refractivity contribution in [3.8, 4) is 0 Å². The highest BCUT2D eigenvalue weighted by Gasteiger charge is 2.18. The van der Waals surface area contributed by atoms with Crippen LogP contribution in [-0.2, 0) is 16.6 Å². The number of benzene rings is 2. The molecule has 1 amide bonds. The van der Waals surface area contributed by atoms with Crippen LogP contribution in [-0.4, -0.2) is 23.1 Å². The summed E-state index contributed by atoms with van der Waals surface area (Å²) in [4.78, 5) is 25.4. The van der Waals surface area contributed by atoms with Crippen LogP contribution in [0.25, 0.3) is 17.0 Å². The summed E-state index contributed by atoms with van der Waals surface area (Å²) in [5, 5.41) is 3.96. The van der Waals surface area contributed by atoms with Crippen molar-refractivity contribution in [2.75, 3.05) is 6.61 Å². The Kier molecular flexibility index (Phi) is 6.73. The predicted octanol–water partition coefficient (Wildman–Crippen LogP) is 4.95. The molecule has 0 aliphatic carbocycles. The second-order valence-electron chi connectivity index (χ2n) is 6.69. The number of aromatic nitrogens is 1.